The minimum atomic E-state index is 0.546. The van der Waals surface area contributed by atoms with Crippen LogP contribution in [0.1, 0.15) is 26.1 Å². The molecular formula is C11H20N4O. The minimum Gasteiger partial charge on any atom is -0.343 e. The molecular weight excluding hydrogens is 204 g/mol. The van der Waals surface area contributed by atoms with Gasteiger partial charge in [-0.3, -0.25) is 0 Å². The van der Waals surface area contributed by atoms with E-state index in [1.165, 1.54) is 12.8 Å². The van der Waals surface area contributed by atoms with Gasteiger partial charge in [-0.1, -0.05) is 12.1 Å². The number of hydrogen-bond acceptors (Lipinski definition) is 5. The average Bonchev–Trinajstić information content (AvgIpc) is 2.74. The molecule has 0 aliphatic carbocycles. The molecule has 0 amide bonds. The summed E-state index contributed by atoms with van der Waals surface area (Å²) in [5.74, 6) is 1.40. The summed E-state index contributed by atoms with van der Waals surface area (Å²) in [6.07, 6.45) is 2.55. The average molecular weight is 224 g/mol. The monoisotopic (exact) mass is 224 g/mol. The van der Waals surface area contributed by atoms with E-state index in [1.807, 2.05) is 0 Å². The molecule has 1 aromatic rings. The van der Waals surface area contributed by atoms with Crippen LogP contribution in [-0.4, -0.2) is 40.7 Å². The zero-order valence-corrected chi connectivity index (χ0v) is 10.2. The second kappa shape index (κ2) is 4.93. The van der Waals surface area contributed by atoms with Crippen LogP contribution in [0.4, 0.5) is 0 Å². The maximum Gasteiger partial charge on any atom is 0.213 e. The molecule has 3 unspecified atom stereocenters. The highest BCUT2D eigenvalue weighted by atomic mass is 16.5. The van der Waals surface area contributed by atoms with Crippen LogP contribution < -0.4 is 5.32 Å². The summed E-state index contributed by atoms with van der Waals surface area (Å²) in [5.41, 5.74) is 0. The Kier molecular flexibility index (Phi) is 3.56. The number of nitrogens with zero attached hydrogens (tertiary/aromatic N) is 3. The first kappa shape index (κ1) is 11.5. The number of piperidine rings is 1. The van der Waals surface area contributed by atoms with Gasteiger partial charge < -0.3 is 14.7 Å². The quantitative estimate of drug-likeness (QED) is 0.826. The summed E-state index contributed by atoms with van der Waals surface area (Å²) in [6.45, 7) is 6.40. The van der Waals surface area contributed by atoms with Crippen molar-refractivity contribution in [2.45, 2.75) is 38.9 Å². The lowest BCUT2D eigenvalue weighted by Gasteiger charge is -2.39. The van der Waals surface area contributed by atoms with Gasteiger partial charge in [0.1, 0.15) is 0 Å². The molecule has 1 aliphatic rings. The number of nitrogens with one attached hydrogen (secondary N) is 1. The van der Waals surface area contributed by atoms with Crippen LogP contribution in [0.5, 0.6) is 0 Å². The van der Waals surface area contributed by atoms with Crippen LogP contribution in [0.3, 0.4) is 0 Å². The Morgan fingerprint density at radius 1 is 1.56 bits per heavy atom. The predicted molar refractivity (Wildman–Crippen MR) is 60.8 cm³/mol. The third kappa shape index (κ3) is 2.59. The van der Waals surface area contributed by atoms with E-state index in [1.54, 1.807) is 0 Å². The summed E-state index contributed by atoms with van der Waals surface area (Å²) < 4.78 is 4.71. The van der Waals surface area contributed by atoms with E-state index in [9.17, 15) is 0 Å². The number of likely N-dealkylation sites (tertiary alicyclic amines) is 1. The fourth-order valence-electron chi connectivity index (χ4n) is 2.32. The molecule has 1 saturated heterocycles. The normalized spacial score (nSPS) is 31.8. The maximum atomic E-state index is 4.71. The smallest absolute Gasteiger partial charge is 0.213 e. The molecule has 5 heteroatoms. The van der Waals surface area contributed by atoms with Crippen LogP contribution in [-0.2, 0) is 6.54 Å². The Morgan fingerprint density at radius 3 is 3.06 bits per heavy atom. The van der Waals surface area contributed by atoms with Gasteiger partial charge in [-0.2, -0.15) is 4.98 Å². The van der Waals surface area contributed by atoms with Gasteiger partial charge in [0.2, 0.25) is 6.39 Å². The first-order chi connectivity index (χ1) is 7.66. The second-order valence-electron chi connectivity index (χ2n) is 4.84. The number of aromatic nitrogens is 2. The summed E-state index contributed by atoms with van der Waals surface area (Å²) >= 11 is 0. The van der Waals surface area contributed by atoms with E-state index in [2.05, 4.69) is 41.3 Å². The lowest BCUT2D eigenvalue weighted by molar-refractivity contribution is 0.120. The number of rotatable bonds is 3. The first-order valence-electron chi connectivity index (χ1n) is 5.85. The van der Waals surface area contributed by atoms with Crippen molar-refractivity contribution in [1.29, 1.82) is 0 Å². The molecule has 90 valence electrons. The van der Waals surface area contributed by atoms with E-state index in [-0.39, 0.29) is 0 Å². The minimum absolute atomic E-state index is 0.546. The highest BCUT2D eigenvalue weighted by molar-refractivity contribution is 4.88. The van der Waals surface area contributed by atoms with Gasteiger partial charge in [0.25, 0.3) is 0 Å². The summed E-state index contributed by atoms with van der Waals surface area (Å²) in [4.78, 5) is 6.42. The third-order valence-corrected chi connectivity index (χ3v) is 3.54. The van der Waals surface area contributed by atoms with Gasteiger partial charge in [0.15, 0.2) is 5.82 Å². The molecule has 1 aromatic heterocycles. The van der Waals surface area contributed by atoms with E-state index in [0.717, 1.165) is 12.4 Å². The zero-order valence-electron chi connectivity index (χ0n) is 10.2. The van der Waals surface area contributed by atoms with Crippen molar-refractivity contribution in [3.8, 4) is 0 Å². The van der Waals surface area contributed by atoms with Crippen molar-refractivity contribution in [1.82, 2.24) is 20.4 Å². The van der Waals surface area contributed by atoms with E-state index in [0.29, 0.717) is 24.5 Å². The SMILES string of the molecule is CC1CN(C)C(C)CC1NCc1ncon1. The zero-order chi connectivity index (χ0) is 11.5. The maximum absolute atomic E-state index is 4.71. The molecule has 3 atom stereocenters. The van der Waals surface area contributed by atoms with Crippen LogP contribution in [0.25, 0.3) is 0 Å². The summed E-state index contributed by atoms with van der Waals surface area (Å²) in [5, 5.41) is 7.31. The van der Waals surface area contributed by atoms with Crippen LogP contribution in [0, 0.1) is 5.92 Å². The molecule has 0 bridgehead atoms. The Bertz CT molecular complexity index is 314. The second-order valence-corrected chi connectivity index (χ2v) is 4.84. The van der Waals surface area contributed by atoms with Crippen molar-refractivity contribution in [3.63, 3.8) is 0 Å². The topological polar surface area (TPSA) is 54.2 Å². The number of hydrogen-bond donors (Lipinski definition) is 1. The van der Waals surface area contributed by atoms with Crippen molar-refractivity contribution in [2.75, 3.05) is 13.6 Å². The van der Waals surface area contributed by atoms with Crippen LogP contribution >= 0.6 is 0 Å². The van der Waals surface area contributed by atoms with Gasteiger partial charge in [-0.05, 0) is 26.3 Å². The lowest BCUT2D eigenvalue weighted by atomic mass is 9.90. The van der Waals surface area contributed by atoms with Crippen molar-refractivity contribution in [3.05, 3.63) is 12.2 Å². The van der Waals surface area contributed by atoms with Gasteiger partial charge in [0, 0.05) is 18.6 Å². The van der Waals surface area contributed by atoms with E-state index >= 15 is 0 Å². The van der Waals surface area contributed by atoms with Crippen molar-refractivity contribution >= 4 is 0 Å². The lowest BCUT2D eigenvalue weighted by Crippen LogP contribution is -2.50. The molecule has 0 saturated carbocycles. The molecule has 1 fully saturated rings. The van der Waals surface area contributed by atoms with Gasteiger partial charge in [-0.25, -0.2) is 0 Å². The Hall–Kier alpha value is -0.940. The molecule has 0 spiro atoms. The predicted octanol–water partition coefficient (Wildman–Crippen LogP) is 0.888. The van der Waals surface area contributed by atoms with Gasteiger partial charge >= 0.3 is 0 Å². The molecule has 2 heterocycles. The fraction of sp³-hybridized carbons (Fsp3) is 0.818. The molecule has 0 aromatic carbocycles. The van der Waals surface area contributed by atoms with Gasteiger partial charge in [0.05, 0.1) is 6.54 Å². The first-order valence-corrected chi connectivity index (χ1v) is 5.85. The van der Waals surface area contributed by atoms with Crippen molar-refractivity contribution < 1.29 is 4.52 Å². The van der Waals surface area contributed by atoms with E-state index < -0.39 is 0 Å². The standard InChI is InChI=1S/C11H20N4O/c1-8-6-15(3)9(2)4-10(8)12-5-11-13-7-16-14-11/h7-10,12H,4-6H2,1-3H3. The molecule has 2 rings (SSSR count). The highest BCUT2D eigenvalue weighted by Crippen LogP contribution is 2.20. The summed E-state index contributed by atoms with van der Waals surface area (Å²) in [6, 6.07) is 1.18. The Morgan fingerprint density at radius 2 is 2.38 bits per heavy atom. The van der Waals surface area contributed by atoms with E-state index in [4.69, 9.17) is 4.52 Å². The highest BCUT2D eigenvalue weighted by Gasteiger charge is 2.28. The largest absolute Gasteiger partial charge is 0.343 e. The molecule has 5 nitrogen and oxygen atoms in total. The molecule has 1 aliphatic heterocycles. The summed E-state index contributed by atoms with van der Waals surface area (Å²) in [7, 11) is 2.19. The molecule has 16 heavy (non-hydrogen) atoms. The molecule has 0 radical (unpaired) electrons. The Balaban J connectivity index is 1.85. The van der Waals surface area contributed by atoms with Crippen LogP contribution in [0.2, 0.25) is 0 Å². The van der Waals surface area contributed by atoms with Crippen LogP contribution in [0.15, 0.2) is 10.9 Å². The fourth-order valence-corrected chi connectivity index (χ4v) is 2.32. The molecule has 1 N–H and O–H groups in total. The van der Waals surface area contributed by atoms with Gasteiger partial charge in [-0.15, -0.1) is 0 Å². The Labute approximate surface area is 96.2 Å². The van der Waals surface area contributed by atoms with Crippen molar-refractivity contribution in [2.24, 2.45) is 5.92 Å². The third-order valence-electron chi connectivity index (χ3n) is 3.54.